The molecule has 0 saturated heterocycles. The smallest absolute Gasteiger partial charge is 0.426 e. The van der Waals surface area contributed by atoms with Crippen LogP contribution in [0.5, 0.6) is 0 Å². The number of esters is 1. The maximum Gasteiger partial charge on any atom is 0.426 e. The highest BCUT2D eigenvalue weighted by Crippen LogP contribution is 2.44. The molecule has 0 radical (unpaired) electrons. The minimum Gasteiger partial charge on any atom is -0.461 e. The summed E-state index contributed by atoms with van der Waals surface area (Å²) in [5, 5.41) is 6.71. The fourth-order valence-electron chi connectivity index (χ4n) is 6.13. The zero-order valence-corrected chi connectivity index (χ0v) is 33.1. The number of rotatable bonds is 15. The monoisotopic (exact) mass is 807 g/mol. The Bertz CT molecular complexity index is 2050. The van der Waals surface area contributed by atoms with Crippen LogP contribution in [0.3, 0.4) is 0 Å². The number of nitrogens with zero attached hydrogens (tertiary/aromatic N) is 2. The first kappa shape index (κ1) is 43.2. The van der Waals surface area contributed by atoms with Gasteiger partial charge in [-0.1, -0.05) is 109 Å². The lowest BCUT2D eigenvalue weighted by atomic mass is 9.98. The summed E-state index contributed by atoms with van der Waals surface area (Å²) in [7, 11) is 0. The maximum absolute atomic E-state index is 13.9. The van der Waals surface area contributed by atoms with E-state index in [0.717, 1.165) is 37.8 Å². The molecule has 6 N–H and O–H groups in total. The second kappa shape index (κ2) is 20.5. The summed E-state index contributed by atoms with van der Waals surface area (Å²) in [6.07, 6.45) is -1.17. The van der Waals surface area contributed by atoms with Crippen molar-refractivity contribution in [2.75, 3.05) is 26.3 Å². The molecule has 310 valence electrons. The molecule has 7 amide bonds. The molecule has 1 aliphatic rings. The number of ether oxygens (including phenoxy) is 3. The molecule has 0 spiro atoms. The predicted octanol–water partition coefficient (Wildman–Crippen LogP) is 4.50. The van der Waals surface area contributed by atoms with Crippen molar-refractivity contribution in [2.45, 2.75) is 57.9 Å². The van der Waals surface area contributed by atoms with E-state index in [0.29, 0.717) is 5.56 Å². The van der Waals surface area contributed by atoms with Gasteiger partial charge in [0.05, 0.1) is 38.3 Å². The standard InChI is InChI=1S/C43H49N7O9/c1-43(2,3)59-28-36(39(53)45-24-37(51)47-49(40(44)54)23-22-38(52)57-26-30-16-8-5-9-17-30)46-41(55)50(25-29-14-6-4-7-15-29)48-42(56)58-27-35-33-20-12-10-18-31(33)32-19-11-13-21-34(32)35/h4-21,35-36H,22-28H2,1-3H3,(H2,44,54)(H,45,53)(H,46,55)(H,47,51)(H,48,56)/t36-/m0/s1. The summed E-state index contributed by atoms with van der Waals surface area (Å²) in [5.74, 6) is -2.51. The van der Waals surface area contributed by atoms with Crippen LogP contribution in [0.4, 0.5) is 14.4 Å². The van der Waals surface area contributed by atoms with Crippen molar-refractivity contribution in [3.63, 3.8) is 0 Å². The fraction of sp³-hybridized carbons (Fsp3) is 0.302. The summed E-state index contributed by atoms with van der Waals surface area (Å²) >= 11 is 0. The number of amides is 7. The molecule has 0 fully saturated rings. The molecular formula is C43H49N7O9. The van der Waals surface area contributed by atoms with E-state index in [9.17, 15) is 28.8 Å². The van der Waals surface area contributed by atoms with Crippen LogP contribution in [0.1, 0.15) is 55.4 Å². The average molecular weight is 808 g/mol. The number of nitrogens with two attached hydrogens (primary N) is 1. The quantitative estimate of drug-likeness (QED) is 0.0845. The Morgan fingerprint density at radius 2 is 1.31 bits per heavy atom. The van der Waals surface area contributed by atoms with E-state index in [4.69, 9.17) is 19.9 Å². The van der Waals surface area contributed by atoms with Crippen LogP contribution in [-0.4, -0.2) is 83.9 Å². The number of benzene rings is 4. The van der Waals surface area contributed by atoms with Crippen LogP contribution in [0.2, 0.25) is 0 Å². The predicted molar refractivity (Wildman–Crippen MR) is 217 cm³/mol. The van der Waals surface area contributed by atoms with E-state index in [1.165, 1.54) is 0 Å². The summed E-state index contributed by atoms with van der Waals surface area (Å²) in [4.78, 5) is 77.8. The lowest BCUT2D eigenvalue weighted by Crippen LogP contribution is -2.58. The van der Waals surface area contributed by atoms with Gasteiger partial charge in [-0.25, -0.2) is 29.8 Å². The van der Waals surface area contributed by atoms with Gasteiger partial charge in [-0.15, -0.1) is 0 Å². The first-order chi connectivity index (χ1) is 28.3. The van der Waals surface area contributed by atoms with E-state index >= 15 is 0 Å². The van der Waals surface area contributed by atoms with Crippen molar-refractivity contribution in [2.24, 2.45) is 5.73 Å². The van der Waals surface area contributed by atoms with E-state index < -0.39 is 54.1 Å². The highest BCUT2D eigenvalue weighted by molar-refractivity contribution is 5.91. The summed E-state index contributed by atoms with van der Waals surface area (Å²) in [6, 6.07) is 30.4. The van der Waals surface area contributed by atoms with Crippen molar-refractivity contribution < 1.29 is 43.0 Å². The number of urea groups is 2. The Morgan fingerprint density at radius 3 is 1.90 bits per heavy atom. The van der Waals surface area contributed by atoms with Crippen LogP contribution < -0.4 is 27.2 Å². The highest BCUT2D eigenvalue weighted by atomic mass is 16.6. The van der Waals surface area contributed by atoms with E-state index in [1.807, 2.05) is 54.6 Å². The van der Waals surface area contributed by atoms with Crippen LogP contribution >= 0.6 is 0 Å². The molecule has 16 nitrogen and oxygen atoms in total. The van der Waals surface area contributed by atoms with Crippen molar-refractivity contribution >= 4 is 35.9 Å². The number of nitrogens with one attached hydrogen (secondary N) is 4. The van der Waals surface area contributed by atoms with E-state index in [2.05, 4.69) is 21.5 Å². The zero-order chi connectivity index (χ0) is 42.4. The molecule has 0 saturated carbocycles. The molecule has 0 bridgehead atoms. The minimum absolute atomic E-state index is 0.00129. The van der Waals surface area contributed by atoms with Crippen LogP contribution in [0.25, 0.3) is 11.1 Å². The van der Waals surface area contributed by atoms with Gasteiger partial charge in [-0.3, -0.25) is 19.8 Å². The minimum atomic E-state index is -1.36. The molecule has 4 aromatic rings. The number of carbonyl (C=O) groups is 6. The third-order valence-electron chi connectivity index (χ3n) is 9.03. The lowest BCUT2D eigenvalue weighted by molar-refractivity contribution is -0.145. The average Bonchev–Trinajstić information content (AvgIpc) is 3.54. The molecule has 59 heavy (non-hydrogen) atoms. The second-order valence-corrected chi connectivity index (χ2v) is 14.6. The molecule has 0 heterocycles. The van der Waals surface area contributed by atoms with Gasteiger partial charge in [-0.05, 0) is 54.2 Å². The van der Waals surface area contributed by atoms with Gasteiger partial charge >= 0.3 is 24.1 Å². The zero-order valence-electron chi connectivity index (χ0n) is 33.1. The Labute approximate surface area is 342 Å². The first-order valence-electron chi connectivity index (χ1n) is 19.0. The Morgan fingerprint density at radius 1 is 0.729 bits per heavy atom. The van der Waals surface area contributed by atoms with Crippen LogP contribution in [0, 0.1) is 0 Å². The second-order valence-electron chi connectivity index (χ2n) is 14.6. The Hall–Kier alpha value is -6.94. The van der Waals surface area contributed by atoms with Gasteiger partial charge in [0.25, 0.3) is 5.91 Å². The molecule has 16 heteroatoms. The van der Waals surface area contributed by atoms with Crippen LogP contribution in [-0.2, 0) is 41.7 Å². The van der Waals surface area contributed by atoms with Gasteiger partial charge in [0, 0.05) is 5.92 Å². The largest absolute Gasteiger partial charge is 0.461 e. The van der Waals surface area contributed by atoms with E-state index in [-0.39, 0.29) is 45.2 Å². The topological polar surface area (TPSA) is 211 Å². The van der Waals surface area contributed by atoms with Crippen molar-refractivity contribution in [1.82, 2.24) is 31.5 Å². The lowest BCUT2D eigenvalue weighted by Gasteiger charge is -2.28. The Balaban J connectivity index is 1.19. The number of primary amides is 1. The summed E-state index contributed by atoms with van der Waals surface area (Å²) in [6.45, 7) is 3.94. The van der Waals surface area contributed by atoms with E-state index in [1.54, 1.807) is 75.4 Å². The summed E-state index contributed by atoms with van der Waals surface area (Å²) < 4.78 is 16.7. The molecule has 4 aromatic carbocycles. The normalized spacial score (nSPS) is 12.2. The van der Waals surface area contributed by atoms with Crippen molar-refractivity contribution in [3.8, 4) is 11.1 Å². The first-order valence-corrected chi connectivity index (χ1v) is 19.0. The molecular weight excluding hydrogens is 759 g/mol. The van der Waals surface area contributed by atoms with Gasteiger partial charge in [0.2, 0.25) is 5.91 Å². The van der Waals surface area contributed by atoms with Gasteiger partial charge < -0.3 is 30.6 Å². The van der Waals surface area contributed by atoms with Gasteiger partial charge in [0.15, 0.2) is 0 Å². The van der Waals surface area contributed by atoms with Crippen molar-refractivity contribution in [1.29, 1.82) is 0 Å². The molecule has 0 unspecified atom stereocenters. The number of hydrazine groups is 2. The number of carbonyl (C=O) groups excluding carboxylic acids is 6. The molecule has 1 aliphatic carbocycles. The van der Waals surface area contributed by atoms with Gasteiger partial charge in [0.1, 0.15) is 19.3 Å². The number of fused-ring (bicyclic) bond motifs is 3. The molecule has 0 aromatic heterocycles. The number of hydrogen-bond donors (Lipinski definition) is 5. The number of hydrogen-bond acceptors (Lipinski definition) is 9. The third-order valence-corrected chi connectivity index (χ3v) is 9.03. The molecule has 5 rings (SSSR count). The SMILES string of the molecule is CC(C)(C)OC[C@H](NC(=O)N(Cc1ccccc1)NC(=O)OCC1c2ccccc2-c2ccccc21)C(=O)NCC(=O)NN(CCC(=O)OCc1ccccc1)C(N)=O. The molecule has 1 atom stereocenters. The maximum atomic E-state index is 13.9. The third kappa shape index (κ3) is 13.0. The highest BCUT2D eigenvalue weighted by Gasteiger charge is 2.31. The van der Waals surface area contributed by atoms with Gasteiger partial charge in [-0.2, -0.15) is 0 Å². The van der Waals surface area contributed by atoms with Crippen molar-refractivity contribution in [3.05, 3.63) is 131 Å². The Kier molecular flexibility index (Phi) is 15.0. The summed E-state index contributed by atoms with van der Waals surface area (Å²) in [5.41, 5.74) is 15.0. The van der Waals surface area contributed by atoms with Crippen LogP contribution in [0.15, 0.2) is 109 Å². The molecule has 0 aliphatic heterocycles. The fourth-order valence-corrected chi connectivity index (χ4v) is 6.13.